The van der Waals surface area contributed by atoms with Crippen LogP contribution >= 0.6 is 11.6 Å². The van der Waals surface area contributed by atoms with E-state index in [1.165, 1.54) is 17.4 Å². The molecule has 0 amide bonds. The lowest BCUT2D eigenvalue weighted by Crippen LogP contribution is -2.54. The number of halogens is 4. The van der Waals surface area contributed by atoms with E-state index in [1.54, 1.807) is 0 Å². The van der Waals surface area contributed by atoms with Gasteiger partial charge >= 0.3 is 12.1 Å². The van der Waals surface area contributed by atoms with Crippen LogP contribution in [0.25, 0.3) is 0 Å². The predicted molar refractivity (Wildman–Crippen MR) is 63.2 cm³/mol. The van der Waals surface area contributed by atoms with E-state index in [2.05, 4.69) is 20.0 Å². The molecule has 1 aliphatic rings. The average molecular weight is 311 g/mol. The SMILES string of the molecule is O=C(OC1CNCCN1c1ncncc1Cl)C(F)(F)F. The van der Waals surface area contributed by atoms with Gasteiger partial charge in [0.2, 0.25) is 0 Å². The van der Waals surface area contributed by atoms with Gasteiger partial charge in [0.05, 0.1) is 12.7 Å². The maximum Gasteiger partial charge on any atom is 0.491 e. The second-order valence-electron chi connectivity index (χ2n) is 3.95. The molecule has 1 aliphatic heterocycles. The number of hydrogen-bond acceptors (Lipinski definition) is 6. The molecule has 1 aromatic rings. The smallest absolute Gasteiger partial charge is 0.433 e. The summed E-state index contributed by atoms with van der Waals surface area (Å²) in [6.07, 6.45) is -3.65. The van der Waals surface area contributed by atoms with Gasteiger partial charge in [0, 0.05) is 13.1 Å². The number of rotatable bonds is 2. The number of ether oxygens (including phenoxy) is 1. The molecule has 1 atom stereocenters. The minimum absolute atomic E-state index is 0.0438. The fourth-order valence-corrected chi connectivity index (χ4v) is 1.95. The highest BCUT2D eigenvalue weighted by Crippen LogP contribution is 2.26. The van der Waals surface area contributed by atoms with Crippen molar-refractivity contribution in [2.45, 2.75) is 12.4 Å². The molecule has 110 valence electrons. The van der Waals surface area contributed by atoms with Gasteiger partial charge < -0.3 is 15.0 Å². The number of hydrogen-bond donors (Lipinski definition) is 1. The Bertz CT molecular complexity index is 500. The molecule has 0 spiro atoms. The van der Waals surface area contributed by atoms with Gasteiger partial charge in [-0.3, -0.25) is 0 Å². The first-order chi connectivity index (χ1) is 9.39. The zero-order valence-electron chi connectivity index (χ0n) is 10.0. The monoisotopic (exact) mass is 310 g/mol. The van der Waals surface area contributed by atoms with Crippen molar-refractivity contribution in [1.29, 1.82) is 0 Å². The summed E-state index contributed by atoms with van der Waals surface area (Å²) in [6.45, 7) is 0.842. The highest BCUT2D eigenvalue weighted by Gasteiger charge is 2.43. The van der Waals surface area contributed by atoms with Crippen LogP contribution in [0.4, 0.5) is 19.0 Å². The quantitative estimate of drug-likeness (QED) is 0.821. The first-order valence-electron chi connectivity index (χ1n) is 5.60. The van der Waals surface area contributed by atoms with Gasteiger partial charge in [-0.15, -0.1) is 0 Å². The van der Waals surface area contributed by atoms with Crippen LogP contribution in [-0.2, 0) is 9.53 Å². The lowest BCUT2D eigenvalue weighted by Gasteiger charge is -2.36. The number of nitrogens with one attached hydrogen (secondary N) is 1. The Morgan fingerprint density at radius 3 is 2.95 bits per heavy atom. The number of esters is 1. The van der Waals surface area contributed by atoms with E-state index in [0.29, 0.717) is 13.1 Å². The first kappa shape index (κ1) is 14.8. The first-order valence-corrected chi connectivity index (χ1v) is 5.98. The second kappa shape index (κ2) is 5.80. The van der Waals surface area contributed by atoms with E-state index in [0.717, 1.165) is 0 Å². The molecular weight excluding hydrogens is 301 g/mol. The number of carbonyl (C=O) groups is 1. The maximum atomic E-state index is 12.2. The molecule has 0 bridgehead atoms. The molecule has 20 heavy (non-hydrogen) atoms. The summed E-state index contributed by atoms with van der Waals surface area (Å²) < 4.78 is 41.2. The molecule has 1 aromatic heterocycles. The van der Waals surface area contributed by atoms with Crippen LogP contribution in [-0.4, -0.2) is 48.0 Å². The topological polar surface area (TPSA) is 67.3 Å². The van der Waals surface area contributed by atoms with Gasteiger partial charge in [-0.25, -0.2) is 14.8 Å². The van der Waals surface area contributed by atoms with Crippen molar-refractivity contribution < 1.29 is 22.7 Å². The Labute approximate surface area is 116 Å². The number of alkyl halides is 3. The van der Waals surface area contributed by atoms with Gasteiger partial charge in [0.15, 0.2) is 12.0 Å². The van der Waals surface area contributed by atoms with Crippen molar-refractivity contribution >= 4 is 23.4 Å². The van der Waals surface area contributed by atoms with Crippen molar-refractivity contribution in [2.75, 3.05) is 24.5 Å². The zero-order chi connectivity index (χ0) is 14.8. The van der Waals surface area contributed by atoms with Crippen molar-refractivity contribution in [3.63, 3.8) is 0 Å². The van der Waals surface area contributed by atoms with E-state index >= 15 is 0 Å². The highest BCUT2D eigenvalue weighted by atomic mass is 35.5. The number of nitrogens with zero attached hydrogens (tertiary/aromatic N) is 3. The number of piperazine rings is 1. The summed E-state index contributed by atoms with van der Waals surface area (Å²) in [4.78, 5) is 19.9. The van der Waals surface area contributed by atoms with Gasteiger partial charge in [-0.2, -0.15) is 13.2 Å². The van der Waals surface area contributed by atoms with Crippen LogP contribution < -0.4 is 10.2 Å². The standard InChI is InChI=1S/C10H10ClF3N4O2/c11-6-3-16-5-17-8(6)18-2-1-15-4-7(18)20-9(19)10(12,13)14/h3,5,7,15H,1-2,4H2. The molecule has 0 radical (unpaired) electrons. The van der Waals surface area contributed by atoms with E-state index in [4.69, 9.17) is 11.6 Å². The molecular formula is C10H10ClF3N4O2. The minimum Gasteiger partial charge on any atom is -0.433 e. The third-order valence-electron chi connectivity index (χ3n) is 2.59. The number of anilines is 1. The van der Waals surface area contributed by atoms with Crippen molar-refractivity contribution in [3.05, 3.63) is 17.5 Å². The Kier molecular flexibility index (Phi) is 4.29. The summed E-state index contributed by atoms with van der Waals surface area (Å²) in [5.74, 6) is -2.02. The molecule has 0 saturated carbocycles. The second-order valence-corrected chi connectivity index (χ2v) is 4.36. The summed E-state index contributed by atoms with van der Waals surface area (Å²) in [5.41, 5.74) is 0. The molecule has 0 aromatic carbocycles. The summed E-state index contributed by atoms with van der Waals surface area (Å²) in [7, 11) is 0. The maximum absolute atomic E-state index is 12.2. The van der Waals surface area contributed by atoms with Gasteiger partial charge in [0.25, 0.3) is 0 Å². The van der Waals surface area contributed by atoms with Gasteiger partial charge in [-0.1, -0.05) is 11.6 Å². The fraction of sp³-hybridized carbons (Fsp3) is 0.500. The zero-order valence-corrected chi connectivity index (χ0v) is 10.8. The Hall–Kier alpha value is -1.61. The van der Waals surface area contributed by atoms with Crippen LogP contribution in [0.2, 0.25) is 5.02 Å². The summed E-state index contributed by atoms with van der Waals surface area (Å²) in [6, 6.07) is 0. The van der Waals surface area contributed by atoms with E-state index < -0.39 is 18.4 Å². The molecule has 1 unspecified atom stereocenters. The van der Waals surface area contributed by atoms with E-state index in [1.807, 2.05) is 0 Å². The fourth-order valence-electron chi connectivity index (χ4n) is 1.73. The van der Waals surface area contributed by atoms with Crippen molar-refractivity contribution in [3.8, 4) is 0 Å². The van der Waals surface area contributed by atoms with E-state index in [9.17, 15) is 18.0 Å². The molecule has 10 heteroatoms. The third-order valence-corrected chi connectivity index (χ3v) is 2.86. The average Bonchev–Trinajstić information content (AvgIpc) is 2.39. The molecule has 6 nitrogen and oxygen atoms in total. The highest BCUT2D eigenvalue weighted by molar-refractivity contribution is 6.32. The summed E-state index contributed by atoms with van der Waals surface area (Å²) >= 11 is 5.90. The number of aromatic nitrogens is 2. The van der Waals surface area contributed by atoms with Crippen molar-refractivity contribution in [1.82, 2.24) is 15.3 Å². The molecule has 1 saturated heterocycles. The Morgan fingerprint density at radius 1 is 1.55 bits per heavy atom. The lowest BCUT2D eigenvalue weighted by molar-refractivity contribution is -0.205. The Morgan fingerprint density at radius 2 is 2.30 bits per heavy atom. The third kappa shape index (κ3) is 3.28. The van der Waals surface area contributed by atoms with Gasteiger partial charge in [0.1, 0.15) is 11.3 Å². The van der Waals surface area contributed by atoms with Crippen LogP contribution in [0.3, 0.4) is 0 Å². The van der Waals surface area contributed by atoms with Crippen LogP contribution in [0.15, 0.2) is 12.5 Å². The molecule has 1 N–H and O–H groups in total. The molecule has 0 aliphatic carbocycles. The van der Waals surface area contributed by atoms with Crippen LogP contribution in [0, 0.1) is 0 Å². The summed E-state index contributed by atoms with van der Waals surface area (Å²) in [5, 5.41) is 3.01. The van der Waals surface area contributed by atoms with Gasteiger partial charge in [-0.05, 0) is 0 Å². The van der Waals surface area contributed by atoms with E-state index in [-0.39, 0.29) is 17.4 Å². The predicted octanol–water partition coefficient (Wildman–Crippen LogP) is 0.971. The van der Waals surface area contributed by atoms with Crippen molar-refractivity contribution in [2.24, 2.45) is 0 Å². The molecule has 1 fully saturated rings. The number of carbonyl (C=O) groups excluding carboxylic acids is 1. The normalized spacial score (nSPS) is 19.8. The minimum atomic E-state index is -5.04. The van der Waals surface area contributed by atoms with Crippen LogP contribution in [0.5, 0.6) is 0 Å². The van der Waals surface area contributed by atoms with Crippen LogP contribution in [0.1, 0.15) is 0 Å². The Balaban J connectivity index is 2.18. The lowest BCUT2D eigenvalue weighted by atomic mass is 10.3. The molecule has 2 rings (SSSR count). The molecule has 2 heterocycles. The largest absolute Gasteiger partial charge is 0.491 e.